The Kier molecular flexibility index (Phi) is 3.98. The van der Waals surface area contributed by atoms with Crippen molar-refractivity contribution in [2.24, 2.45) is 0 Å². The highest BCUT2D eigenvalue weighted by atomic mass is 19.2. The molecule has 0 radical (unpaired) electrons. The molecular formula is C13H7F5N2O2. The molecule has 0 aliphatic rings. The smallest absolute Gasteiger partial charge is 0.307 e. The molecular weight excluding hydrogens is 311 g/mol. The van der Waals surface area contributed by atoms with Crippen molar-refractivity contribution in [3.8, 4) is 11.3 Å². The predicted octanol–water partition coefficient (Wildman–Crippen LogP) is 2.65. The molecule has 1 aromatic heterocycles. The van der Waals surface area contributed by atoms with Crippen LogP contribution >= 0.6 is 0 Å². The lowest BCUT2D eigenvalue weighted by molar-refractivity contribution is -0.136. The van der Waals surface area contributed by atoms with E-state index in [4.69, 9.17) is 10.8 Å². The number of nitrogen functional groups attached to an aromatic ring is 1. The number of nitrogens with zero attached hydrogens (tertiary/aromatic N) is 1. The van der Waals surface area contributed by atoms with Crippen molar-refractivity contribution in [3.63, 3.8) is 0 Å². The zero-order valence-electron chi connectivity index (χ0n) is 10.6. The maximum absolute atomic E-state index is 13.7. The van der Waals surface area contributed by atoms with E-state index in [0.717, 1.165) is 12.3 Å². The summed E-state index contributed by atoms with van der Waals surface area (Å²) >= 11 is 0. The van der Waals surface area contributed by atoms with Crippen molar-refractivity contribution < 1.29 is 31.9 Å². The van der Waals surface area contributed by atoms with Crippen molar-refractivity contribution in [1.29, 1.82) is 0 Å². The molecule has 1 aromatic carbocycles. The molecule has 0 amide bonds. The first kappa shape index (κ1) is 15.7. The maximum atomic E-state index is 13.7. The number of benzene rings is 1. The van der Waals surface area contributed by atoms with Crippen LogP contribution in [0.15, 0.2) is 12.3 Å². The fraction of sp³-hybridized carbons (Fsp3) is 0.0769. The molecule has 0 unspecified atom stereocenters. The van der Waals surface area contributed by atoms with Gasteiger partial charge in [0.25, 0.3) is 0 Å². The van der Waals surface area contributed by atoms with E-state index in [2.05, 4.69) is 4.98 Å². The summed E-state index contributed by atoms with van der Waals surface area (Å²) in [5, 5.41) is 8.69. The number of nitrogens with two attached hydrogens (primary N) is 1. The van der Waals surface area contributed by atoms with Crippen LogP contribution in [0, 0.1) is 29.1 Å². The highest BCUT2D eigenvalue weighted by Crippen LogP contribution is 2.31. The predicted molar refractivity (Wildman–Crippen MR) is 65.2 cm³/mol. The molecule has 0 saturated heterocycles. The van der Waals surface area contributed by atoms with Gasteiger partial charge in [-0.1, -0.05) is 0 Å². The first-order chi connectivity index (χ1) is 10.2. The van der Waals surface area contributed by atoms with E-state index in [1.54, 1.807) is 0 Å². The van der Waals surface area contributed by atoms with Gasteiger partial charge in [0.1, 0.15) is 0 Å². The highest BCUT2D eigenvalue weighted by Gasteiger charge is 2.27. The Hall–Kier alpha value is -2.71. The lowest BCUT2D eigenvalue weighted by atomic mass is 10.0. The number of aromatic nitrogens is 1. The Morgan fingerprint density at radius 3 is 2.05 bits per heavy atom. The minimum absolute atomic E-state index is 0.0681. The van der Waals surface area contributed by atoms with E-state index in [-0.39, 0.29) is 11.3 Å². The third kappa shape index (κ3) is 2.57. The molecule has 2 aromatic rings. The number of carboxylic acid groups (broad SMARTS) is 1. The lowest BCUT2D eigenvalue weighted by Crippen LogP contribution is -2.07. The summed E-state index contributed by atoms with van der Waals surface area (Å²) in [6.07, 6.45) is 0.280. The molecule has 0 spiro atoms. The Morgan fingerprint density at radius 1 is 1.05 bits per heavy atom. The first-order valence-electron chi connectivity index (χ1n) is 5.72. The second-order valence-electron chi connectivity index (χ2n) is 4.28. The second kappa shape index (κ2) is 5.58. The number of anilines is 1. The Bertz CT molecular complexity index is 751. The normalized spacial score (nSPS) is 10.8. The topological polar surface area (TPSA) is 76.2 Å². The van der Waals surface area contributed by atoms with Crippen molar-refractivity contribution in [3.05, 3.63) is 46.9 Å². The summed E-state index contributed by atoms with van der Waals surface area (Å²) in [5.41, 5.74) is 3.44. The van der Waals surface area contributed by atoms with Crippen molar-refractivity contribution >= 4 is 11.7 Å². The van der Waals surface area contributed by atoms with Crippen LogP contribution in [0.4, 0.5) is 27.6 Å². The van der Waals surface area contributed by atoms with Gasteiger partial charge in [0.2, 0.25) is 5.82 Å². The second-order valence-corrected chi connectivity index (χ2v) is 4.28. The van der Waals surface area contributed by atoms with Crippen LogP contribution in [-0.4, -0.2) is 16.1 Å². The third-order valence-corrected chi connectivity index (χ3v) is 2.83. The molecule has 0 fully saturated rings. The van der Waals surface area contributed by atoms with Crippen LogP contribution in [0.3, 0.4) is 0 Å². The number of hydrogen-bond donors (Lipinski definition) is 2. The van der Waals surface area contributed by atoms with Gasteiger partial charge in [-0.2, -0.15) is 0 Å². The van der Waals surface area contributed by atoms with Gasteiger partial charge in [-0.25, -0.2) is 22.0 Å². The molecule has 1 heterocycles. The van der Waals surface area contributed by atoms with Crippen LogP contribution in [0.2, 0.25) is 0 Å². The molecule has 0 atom stereocenters. The molecule has 3 N–H and O–H groups in total. The van der Waals surface area contributed by atoms with Gasteiger partial charge in [-0.3, -0.25) is 9.78 Å². The molecule has 0 aliphatic carbocycles. The van der Waals surface area contributed by atoms with Crippen molar-refractivity contribution in [2.75, 3.05) is 5.73 Å². The molecule has 4 nitrogen and oxygen atoms in total. The Morgan fingerprint density at radius 2 is 1.55 bits per heavy atom. The van der Waals surface area contributed by atoms with Gasteiger partial charge in [0.05, 0.1) is 29.6 Å². The van der Waals surface area contributed by atoms with Gasteiger partial charge < -0.3 is 10.8 Å². The summed E-state index contributed by atoms with van der Waals surface area (Å²) in [4.78, 5) is 14.2. The zero-order chi connectivity index (χ0) is 16.6. The minimum Gasteiger partial charge on any atom is -0.481 e. The fourth-order valence-corrected chi connectivity index (χ4v) is 1.79. The number of pyridine rings is 1. The molecule has 116 valence electrons. The average Bonchev–Trinajstić information content (AvgIpc) is 2.46. The number of carboxylic acids is 1. The average molecular weight is 318 g/mol. The number of carbonyl (C=O) groups is 1. The Labute approximate surface area is 120 Å². The van der Waals surface area contributed by atoms with Crippen molar-refractivity contribution in [1.82, 2.24) is 4.98 Å². The molecule has 0 bridgehead atoms. The van der Waals surface area contributed by atoms with Gasteiger partial charge in [-0.15, -0.1) is 0 Å². The molecule has 0 saturated carbocycles. The van der Waals surface area contributed by atoms with Gasteiger partial charge in [-0.05, 0) is 11.6 Å². The number of halogens is 5. The van der Waals surface area contributed by atoms with E-state index >= 15 is 0 Å². The van der Waals surface area contributed by atoms with E-state index in [0.29, 0.717) is 0 Å². The summed E-state index contributed by atoms with van der Waals surface area (Å²) in [6, 6.07) is 0.863. The van der Waals surface area contributed by atoms with E-state index < -0.39 is 52.7 Å². The lowest BCUT2D eigenvalue weighted by Gasteiger charge is -2.10. The maximum Gasteiger partial charge on any atom is 0.307 e. The van der Waals surface area contributed by atoms with Crippen LogP contribution in [0.25, 0.3) is 11.3 Å². The van der Waals surface area contributed by atoms with Gasteiger partial charge >= 0.3 is 5.97 Å². The molecule has 9 heteroatoms. The molecule has 22 heavy (non-hydrogen) atoms. The summed E-state index contributed by atoms with van der Waals surface area (Å²) in [7, 11) is 0. The quantitative estimate of drug-likeness (QED) is 0.518. The molecule has 2 rings (SSSR count). The zero-order valence-corrected chi connectivity index (χ0v) is 10.6. The summed E-state index contributed by atoms with van der Waals surface area (Å²) in [6.45, 7) is 0. The van der Waals surface area contributed by atoms with Crippen LogP contribution < -0.4 is 5.73 Å². The summed E-state index contributed by atoms with van der Waals surface area (Å²) in [5.74, 6) is -11.9. The first-order valence-corrected chi connectivity index (χ1v) is 5.72. The van der Waals surface area contributed by atoms with E-state index in [1.165, 1.54) is 0 Å². The minimum atomic E-state index is -2.29. The van der Waals surface area contributed by atoms with Gasteiger partial charge in [0, 0.05) is 0 Å². The van der Waals surface area contributed by atoms with E-state index in [9.17, 15) is 26.7 Å². The Balaban J connectivity index is 2.70. The standard InChI is InChI=1S/C13H7F5N2O2/c14-9-8(10(15)12(17)13(18)11(9)16)6-1-4(2-7(21)22)5(19)3-20-6/h1,3H,2,19H2,(H,21,22). The van der Waals surface area contributed by atoms with Crippen LogP contribution in [0.5, 0.6) is 0 Å². The fourth-order valence-electron chi connectivity index (χ4n) is 1.79. The van der Waals surface area contributed by atoms with Crippen LogP contribution in [-0.2, 0) is 11.2 Å². The highest BCUT2D eigenvalue weighted by molar-refractivity contribution is 5.74. The third-order valence-electron chi connectivity index (χ3n) is 2.83. The van der Waals surface area contributed by atoms with Crippen LogP contribution in [0.1, 0.15) is 5.56 Å². The van der Waals surface area contributed by atoms with Gasteiger partial charge in [0.15, 0.2) is 23.3 Å². The largest absolute Gasteiger partial charge is 0.481 e. The van der Waals surface area contributed by atoms with Crippen molar-refractivity contribution in [2.45, 2.75) is 6.42 Å². The summed E-state index contributed by atoms with van der Waals surface area (Å²) < 4.78 is 66.7. The van der Waals surface area contributed by atoms with E-state index in [1.807, 2.05) is 0 Å². The number of rotatable bonds is 3. The molecule has 0 aliphatic heterocycles. The number of aliphatic carboxylic acids is 1. The number of hydrogen-bond acceptors (Lipinski definition) is 3. The monoisotopic (exact) mass is 318 g/mol. The SMILES string of the molecule is Nc1cnc(-c2c(F)c(F)c(F)c(F)c2F)cc1CC(=O)O.